The average molecular weight is 367 g/mol. The van der Waals surface area contributed by atoms with Crippen molar-refractivity contribution in [2.75, 3.05) is 26.3 Å². The number of benzene rings is 1. The summed E-state index contributed by atoms with van der Waals surface area (Å²) in [5, 5.41) is 5.33. The second-order valence-electron chi connectivity index (χ2n) is 5.92. The lowest BCUT2D eigenvalue weighted by Crippen LogP contribution is -2.49. The maximum absolute atomic E-state index is 13.0. The smallest absolute Gasteiger partial charge is 0.387 e. The first kappa shape index (κ1) is 18.1. The van der Waals surface area contributed by atoms with Crippen LogP contribution in [0.15, 0.2) is 35.5 Å². The summed E-state index contributed by atoms with van der Waals surface area (Å²) >= 11 is 0. The van der Waals surface area contributed by atoms with E-state index in [-0.39, 0.29) is 11.7 Å². The third-order valence-electron chi connectivity index (χ3n) is 4.24. The van der Waals surface area contributed by atoms with Gasteiger partial charge in [0.15, 0.2) is 0 Å². The molecule has 0 saturated carbocycles. The number of hydrogen-bond donors (Lipinski definition) is 2. The summed E-state index contributed by atoms with van der Waals surface area (Å²) < 4.78 is 34.2. The number of amides is 3. The molecule has 9 heteroatoms. The molecule has 0 aromatic heterocycles. The van der Waals surface area contributed by atoms with Crippen LogP contribution in [-0.4, -0.2) is 49.8 Å². The van der Waals surface area contributed by atoms with Crippen LogP contribution in [0.1, 0.15) is 18.5 Å². The number of alkyl halides is 2. The van der Waals surface area contributed by atoms with Crippen LogP contribution < -0.4 is 15.4 Å². The number of carbonyl (C=O) groups excluding carboxylic acids is 2. The van der Waals surface area contributed by atoms with E-state index in [1.54, 1.807) is 24.0 Å². The molecule has 1 aromatic rings. The minimum Gasteiger partial charge on any atom is -0.435 e. The molecule has 0 radical (unpaired) electrons. The Hall–Kier alpha value is -2.68. The minimum absolute atomic E-state index is 0.00534. The summed E-state index contributed by atoms with van der Waals surface area (Å²) in [5.41, 5.74) is 1.47. The topological polar surface area (TPSA) is 79.9 Å². The van der Waals surface area contributed by atoms with Crippen molar-refractivity contribution in [3.8, 4) is 5.75 Å². The van der Waals surface area contributed by atoms with Crippen LogP contribution in [0.5, 0.6) is 5.75 Å². The Kier molecular flexibility index (Phi) is 5.36. The average Bonchev–Trinajstić information content (AvgIpc) is 2.61. The fourth-order valence-corrected chi connectivity index (χ4v) is 3.01. The number of morpholine rings is 1. The van der Waals surface area contributed by atoms with Crippen molar-refractivity contribution in [3.05, 3.63) is 41.1 Å². The predicted octanol–water partition coefficient (Wildman–Crippen LogP) is 1.77. The van der Waals surface area contributed by atoms with Gasteiger partial charge in [-0.1, -0.05) is 12.1 Å². The normalized spacial score (nSPS) is 20.7. The summed E-state index contributed by atoms with van der Waals surface area (Å²) in [7, 11) is 0. The number of ether oxygens (including phenoxy) is 2. The van der Waals surface area contributed by atoms with Crippen molar-refractivity contribution in [2.45, 2.75) is 19.6 Å². The highest BCUT2D eigenvalue weighted by Crippen LogP contribution is 2.29. The van der Waals surface area contributed by atoms with Crippen molar-refractivity contribution < 1.29 is 27.8 Å². The first-order valence-electron chi connectivity index (χ1n) is 8.16. The summed E-state index contributed by atoms with van der Waals surface area (Å²) in [6, 6.07) is 4.74. The zero-order valence-electron chi connectivity index (χ0n) is 14.1. The molecule has 3 rings (SSSR count). The molecule has 0 spiro atoms. The summed E-state index contributed by atoms with van der Waals surface area (Å²) in [6.07, 6.45) is 0. The molecule has 1 atom stereocenters. The lowest BCUT2D eigenvalue weighted by atomic mass is 9.94. The van der Waals surface area contributed by atoms with Gasteiger partial charge in [0.05, 0.1) is 24.8 Å². The Labute approximate surface area is 148 Å². The number of hydrogen-bond acceptors (Lipinski definition) is 4. The number of carbonyl (C=O) groups is 2. The Morgan fingerprint density at radius 1 is 1.27 bits per heavy atom. The van der Waals surface area contributed by atoms with E-state index >= 15 is 0 Å². The van der Waals surface area contributed by atoms with Gasteiger partial charge < -0.3 is 25.0 Å². The molecular formula is C17H19F2N3O4. The summed E-state index contributed by atoms with van der Waals surface area (Å²) in [6.45, 7) is 0.604. The molecule has 2 heterocycles. The highest BCUT2D eigenvalue weighted by molar-refractivity contribution is 5.98. The molecule has 1 saturated heterocycles. The quantitative estimate of drug-likeness (QED) is 0.850. The number of nitrogens with one attached hydrogen (secondary N) is 2. The summed E-state index contributed by atoms with van der Waals surface area (Å²) in [5.74, 6) is -0.193. The van der Waals surface area contributed by atoms with Crippen LogP contribution >= 0.6 is 0 Å². The molecule has 26 heavy (non-hydrogen) atoms. The number of rotatable bonds is 4. The van der Waals surface area contributed by atoms with Gasteiger partial charge in [-0.05, 0) is 24.6 Å². The van der Waals surface area contributed by atoms with E-state index in [1.807, 2.05) is 0 Å². The van der Waals surface area contributed by atoms with Gasteiger partial charge >= 0.3 is 12.6 Å². The van der Waals surface area contributed by atoms with Crippen LogP contribution in [0.4, 0.5) is 13.6 Å². The number of urea groups is 1. The monoisotopic (exact) mass is 367 g/mol. The Balaban J connectivity index is 1.88. The van der Waals surface area contributed by atoms with Crippen molar-refractivity contribution in [3.63, 3.8) is 0 Å². The third kappa shape index (κ3) is 3.93. The maximum Gasteiger partial charge on any atom is 0.387 e. The maximum atomic E-state index is 13.0. The van der Waals surface area contributed by atoms with Gasteiger partial charge in [-0.15, -0.1) is 0 Å². The highest BCUT2D eigenvalue weighted by Gasteiger charge is 2.34. The van der Waals surface area contributed by atoms with Gasteiger partial charge in [-0.25, -0.2) is 4.79 Å². The molecule has 2 aliphatic rings. The molecule has 2 N–H and O–H groups in total. The van der Waals surface area contributed by atoms with Gasteiger partial charge in [0.25, 0.3) is 5.91 Å². The first-order chi connectivity index (χ1) is 12.5. The molecule has 7 nitrogen and oxygen atoms in total. The van der Waals surface area contributed by atoms with Gasteiger partial charge in [-0.3, -0.25) is 4.79 Å². The molecular weight excluding hydrogens is 348 g/mol. The van der Waals surface area contributed by atoms with Crippen LogP contribution in [0, 0.1) is 0 Å². The number of halogens is 2. The van der Waals surface area contributed by atoms with Gasteiger partial charge in [0.2, 0.25) is 0 Å². The first-order valence-corrected chi connectivity index (χ1v) is 8.16. The largest absolute Gasteiger partial charge is 0.435 e. The molecule has 2 aliphatic heterocycles. The molecule has 0 aliphatic carbocycles. The van der Waals surface area contributed by atoms with E-state index in [2.05, 4.69) is 15.4 Å². The Morgan fingerprint density at radius 2 is 1.92 bits per heavy atom. The molecule has 1 unspecified atom stereocenters. The van der Waals surface area contributed by atoms with Crippen LogP contribution in [-0.2, 0) is 9.53 Å². The standard InChI is InChI=1S/C17H19F2N3O4/c1-10-13(15(23)22-6-8-25-9-7-22)14(21-17(24)20-10)11-2-4-12(5-3-11)26-16(18)19/h2-5,14,16H,6-9H2,1H3,(H2,20,21,24). The third-order valence-corrected chi connectivity index (χ3v) is 4.24. The molecule has 1 aromatic carbocycles. The van der Waals surface area contributed by atoms with Crippen LogP contribution in [0.25, 0.3) is 0 Å². The molecule has 0 bridgehead atoms. The lowest BCUT2D eigenvalue weighted by molar-refractivity contribution is -0.131. The molecule has 1 fully saturated rings. The highest BCUT2D eigenvalue weighted by atomic mass is 19.3. The minimum atomic E-state index is -2.92. The zero-order valence-corrected chi connectivity index (χ0v) is 14.1. The Morgan fingerprint density at radius 3 is 2.54 bits per heavy atom. The number of nitrogens with zero attached hydrogens (tertiary/aromatic N) is 1. The summed E-state index contributed by atoms with van der Waals surface area (Å²) in [4.78, 5) is 26.5. The fourth-order valence-electron chi connectivity index (χ4n) is 3.01. The van der Waals surface area contributed by atoms with Crippen molar-refractivity contribution in [1.29, 1.82) is 0 Å². The van der Waals surface area contributed by atoms with E-state index in [0.29, 0.717) is 43.1 Å². The van der Waals surface area contributed by atoms with Crippen LogP contribution in [0.3, 0.4) is 0 Å². The van der Waals surface area contributed by atoms with E-state index < -0.39 is 18.7 Å². The second kappa shape index (κ2) is 7.69. The van der Waals surface area contributed by atoms with E-state index in [1.165, 1.54) is 12.1 Å². The van der Waals surface area contributed by atoms with Crippen molar-refractivity contribution in [1.82, 2.24) is 15.5 Å². The van der Waals surface area contributed by atoms with Gasteiger partial charge in [-0.2, -0.15) is 8.78 Å². The van der Waals surface area contributed by atoms with Crippen molar-refractivity contribution in [2.24, 2.45) is 0 Å². The SMILES string of the molecule is CC1=C(C(=O)N2CCOCC2)C(c2ccc(OC(F)F)cc2)NC(=O)N1. The van der Waals surface area contributed by atoms with E-state index in [4.69, 9.17) is 4.74 Å². The Bertz CT molecular complexity index is 715. The fraction of sp³-hybridized carbons (Fsp3) is 0.412. The molecule has 140 valence electrons. The van der Waals surface area contributed by atoms with E-state index in [0.717, 1.165) is 0 Å². The predicted molar refractivity (Wildman–Crippen MR) is 87.6 cm³/mol. The second-order valence-corrected chi connectivity index (χ2v) is 5.92. The molecule has 3 amide bonds. The van der Waals surface area contributed by atoms with Crippen LogP contribution in [0.2, 0.25) is 0 Å². The van der Waals surface area contributed by atoms with E-state index in [9.17, 15) is 18.4 Å². The van der Waals surface area contributed by atoms with Gasteiger partial charge in [0.1, 0.15) is 5.75 Å². The van der Waals surface area contributed by atoms with Crippen molar-refractivity contribution >= 4 is 11.9 Å². The number of allylic oxidation sites excluding steroid dienone is 1. The zero-order chi connectivity index (χ0) is 18.7. The lowest BCUT2D eigenvalue weighted by Gasteiger charge is -2.34. The van der Waals surface area contributed by atoms with Gasteiger partial charge in [0, 0.05) is 18.8 Å².